The molecule has 0 atom stereocenters. The zero-order chi connectivity index (χ0) is 67.0. The van der Waals surface area contributed by atoms with E-state index in [2.05, 4.69) is 6.92 Å². The lowest BCUT2D eigenvalue weighted by atomic mass is 9.88. The molecule has 0 saturated heterocycles. The van der Waals surface area contributed by atoms with Crippen LogP contribution in [0.5, 0.6) is 5.75 Å². The van der Waals surface area contributed by atoms with E-state index in [0.717, 1.165) is 89.7 Å². The average Bonchev–Trinajstić information content (AvgIpc) is 0.783. The van der Waals surface area contributed by atoms with Gasteiger partial charge in [-0.2, -0.15) is 173 Å². The van der Waals surface area contributed by atoms with Crippen molar-refractivity contribution in [3.8, 4) is 5.75 Å². The minimum Gasteiger partial charge on any atom is -0.426 e. The van der Waals surface area contributed by atoms with Gasteiger partial charge in [0.25, 0.3) is 0 Å². The monoisotopic (exact) mass is 1360 g/mol. The first kappa shape index (κ1) is 80.0. The van der Waals surface area contributed by atoms with Crippen molar-refractivity contribution in [2.45, 2.75) is 236 Å². The molecule has 0 bridgehead atoms. The van der Waals surface area contributed by atoms with E-state index in [0.29, 0.717) is 19.3 Å². The second-order valence-electron chi connectivity index (χ2n) is 19.5. The number of carbonyl (C=O) groups is 1. The molecule has 502 valence electrons. The van der Waals surface area contributed by atoms with Crippen LogP contribution in [0.2, 0.25) is 0 Å². The van der Waals surface area contributed by atoms with Crippen LogP contribution in [0, 0.1) is 6.92 Å². The van der Waals surface area contributed by atoms with Crippen LogP contribution < -0.4 is 4.74 Å². The van der Waals surface area contributed by atoms with Crippen molar-refractivity contribution in [2.75, 3.05) is 11.5 Å². The molecule has 2 nitrogen and oxygen atoms in total. The van der Waals surface area contributed by atoms with Crippen molar-refractivity contribution in [1.29, 1.82) is 0 Å². The highest BCUT2D eigenvalue weighted by Gasteiger charge is 2.97. The van der Waals surface area contributed by atoms with E-state index < -0.39 is 160 Å². The second kappa shape index (κ2) is 28.5. The summed E-state index contributed by atoms with van der Waals surface area (Å²) in [7, 11) is 0. The Morgan fingerprint density at radius 3 is 0.847 bits per heavy atom. The summed E-state index contributed by atoms with van der Waals surface area (Å²) in [6.07, 6.45) is -9.65. The predicted octanol–water partition coefficient (Wildman–Crippen LogP) is 21.4. The number of esters is 1. The number of halogens is 34. The summed E-state index contributed by atoms with van der Waals surface area (Å²) >= 11 is -0.446. The van der Waals surface area contributed by atoms with Crippen LogP contribution in [0.15, 0.2) is 12.1 Å². The third-order valence-corrected chi connectivity index (χ3v) is 14.8. The summed E-state index contributed by atoms with van der Waals surface area (Å²) in [5, 5.41) is 0. The van der Waals surface area contributed by atoms with Crippen molar-refractivity contribution < 1.29 is 159 Å². The fourth-order valence-corrected chi connectivity index (χ4v) is 9.51. The molecular weight excluding hydrogens is 1310 g/mol. The maximum Gasteiger partial charge on any atom is 0.460 e. The van der Waals surface area contributed by atoms with Gasteiger partial charge in [-0.1, -0.05) is 115 Å². The van der Waals surface area contributed by atoms with E-state index in [4.69, 9.17) is 4.74 Å². The molecule has 0 amide bonds. The van der Waals surface area contributed by atoms with Crippen molar-refractivity contribution in [2.24, 2.45) is 0 Å². The lowest BCUT2D eigenvalue weighted by molar-refractivity contribution is -0.461. The standard InChI is InChI=1S/C47H52F34O2S2/c1-3-4-5-6-7-8-9-10-11-12-13-14-15-16-17-18-30(82)83-31-28(25-84-21-19-32(48,49)34(52,53)36(56,57)38(60,61)40(64,65)42(68,69)44(72,73)46(76,77)78)23-27(2)24-29(31)26-85-22-20-33(50,51)35(54,55)37(58,59)39(62,63)41(66,67)43(70,71)45(74,75)47(79,80)81/h23-24H,3-22,25-26H2,1-2H3. The van der Waals surface area contributed by atoms with E-state index in [9.17, 15) is 154 Å². The number of aryl methyl sites for hydroxylation is 1. The quantitative estimate of drug-likeness (QED) is 0.0284. The minimum absolute atomic E-state index is 0.0134. The van der Waals surface area contributed by atoms with Crippen LogP contribution in [0.1, 0.15) is 139 Å². The van der Waals surface area contributed by atoms with Crippen molar-refractivity contribution in [3.63, 3.8) is 0 Å². The molecule has 0 aliphatic heterocycles. The van der Waals surface area contributed by atoms with Gasteiger partial charge in [-0.3, -0.25) is 4.79 Å². The van der Waals surface area contributed by atoms with Gasteiger partial charge < -0.3 is 4.74 Å². The van der Waals surface area contributed by atoms with Gasteiger partial charge in [0.1, 0.15) is 5.75 Å². The summed E-state index contributed by atoms with van der Waals surface area (Å²) < 4.78 is 474. The maximum atomic E-state index is 14.7. The van der Waals surface area contributed by atoms with Gasteiger partial charge in [-0.25, -0.2) is 0 Å². The van der Waals surface area contributed by atoms with Gasteiger partial charge in [0.15, 0.2) is 0 Å². The number of rotatable bonds is 39. The van der Waals surface area contributed by atoms with Gasteiger partial charge in [-0.15, -0.1) is 0 Å². The molecule has 1 aromatic rings. The maximum absolute atomic E-state index is 14.7. The van der Waals surface area contributed by atoms with Gasteiger partial charge >= 0.3 is 101 Å². The molecule has 0 aliphatic carbocycles. The Bertz CT molecular complexity index is 2130. The zero-order valence-corrected chi connectivity index (χ0v) is 45.3. The minimum atomic E-state index is -8.91. The molecule has 0 radical (unpaired) electrons. The number of hydrogen-bond donors (Lipinski definition) is 0. The molecule has 0 fully saturated rings. The lowest BCUT2D eigenvalue weighted by Gasteiger charge is -2.42. The van der Waals surface area contributed by atoms with Crippen LogP contribution in [0.25, 0.3) is 0 Å². The summed E-state index contributed by atoms with van der Waals surface area (Å²) in [6.45, 7) is 3.13. The van der Waals surface area contributed by atoms with Crippen molar-refractivity contribution >= 4 is 29.5 Å². The highest BCUT2D eigenvalue weighted by molar-refractivity contribution is 7.98. The summed E-state index contributed by atoms with van der Waals surface area (Å²) in [4.78, 5) is 13.0. The number of carbonyl (C=O) groups excluding carboxylic acids is 1. The smallest absolute Gasteiger partial charge is 0.426 e. The van der Waals surface area contributed by atoms with Crippen LogP contribution in [-0.2, 0) is 16.3 Å². The number of unbranched alkanes of at least 4 members (excludes halogenated alkanes) is 14. The molecule has 1 rings (SSSR count). The second-order valence-corrected chi connectivity index (χ2v) is 21.7. The third kappa shape index (κ3) is 16.3. The summed E-state index contributed by atoms with van der Waals surface area (Å²) in [5.74, 6) is -125. The number of thioether (sulfide) groups is 2. The van der Waals surface area contributed by atoms with Crippen LogP contribution >= 0.6 is 23.5 Å². The van der Waals surface area contributed by atoms with E-state index in [1.54, 1.807) is 0 Å². The molecule has 85 heavy (non-hydrogen) atoms. The Kier molecular flexibility index (Phi) is 26.8. The molecule has 0 heterocycles. The normalized spacial score (nSPS) is 15.1. The van der Waals surface area contributed by atoms with Crippen molar-refractivity contribution in [3.05, 3.63) is 28.8 Å². The van der Waals surface area contributed by atoms with Crippen LogP contribution in [0.4, 0.5) is 149 Å². The van der Waals surface area contributed by atoms with E-state index in [1.807, 2.05) is 0 Å². The molecule has 0 saturated carbocycles. The Morgan fingerprint density at radius 1 is 0.353 bits per heavy atom. The van der Waals surface area contributed by atoms with Crippen LogP contribution in [0.3, 0.4) is 0 Å². The molecule has 0 spiro atoms. The number of alkyl halides is 34. The summed E-state index contributed by atoms with van der Waals surface area (Å²) in [6, 6.07) is 1.75. The first-order valence-corrected chi connectivity index (χ1v) is 27.1. The summed E-state index contributed by atoms with van der Waals surface area (Å²) in [5.41, 5.74) is -1.30. The highest BCUT2D eigenvalue weighted by atomic mass is 32.2. The highest BCUT2D eigenvalue weighted by Crippen LogP contribution is 2.66. The number of benzene rings is 1. The SMILES string of the molecule is CCCCCCCCCCCCCCCCCC(=O)Oc1c(CSCCC(F)(F)C(F)(F)C(F)(F)C(F)(F)C(F)(F)C(F)(F)C(F)(F)C(F)(F)F)cc(C)cc1CSCCC(F)(F)C(F)(F)C(F)(F)C(F)(F)C(F)(F)C(F)(F)C(F)(F)C(F)(F)F. The first-order chi connectivity index (χ1) is 37.9. The van der Waals surface area contributed by atoms with Gasteiger partial charge in [0.2, 0.25) is 0 Å². The molecule has 0 aromatic heterocycles. The topological polar surface area (TPSA) is 26.3 Å². The Morgan fingerprint density at radius 2 is 0.588 bits per heavy atom. The molecular formula is C47H52F34O2S2. The van der Waals surface area contributed by atoms with Crippen molar-refractivity contribution in [1.82, 2.24) is 0 Å². The number of ether oxygens (including phenoxy) is 1. The lowest BCUT2D eigenvalue weighted by Crippen LogP contribution is -2.74. The first-order valence-electron chi connectivity index (χ1n) is 24.8. The molecule has 0 unspecified atom stereocenters. The van der Waals surface area contributed by atoms with E-state index in [-0.39, 0.29) is 35.5 Å². The van der Waals surface area contributed by atoms with Gasteiger partial charge in [0, 0.05) is 41.9 Å². The van der Waals surface area contributed by atoms with E-state index in [1.165, 1.54) is 0 Å². The Balaban J connectivity index is 3.50. The van der Waals surface area contributed by atoms with Gasteiger partial charge in [-0.05, 0) is 24.9 Å². The van der Waals surface area contributed by atoms with Crippen LogP contribution in [-0.4, -0.2) is 113 Å². The fourth-order valence-electron chi connectivity index (χ4n) is 7.55. The van der Waals surface area contributed by atoms with Gasteiger partial charge in [0.05, 0.1) is 0 Å². The third-order valence-electron chi connectivity index (χ3n) is 12.8. The molecule has 0 N–H and O–H groups in total. The Hall–Kier alpha value is -2.99. The Labute approximate surface area is 470 Å². The average molecular weight is 1360 g/mol. The largest absolute Gasteiger partial charge is 0.460 e. The van der Waals surface area contributed by atoms with E-state index >= 15 is 0 Å². The zero-order valence-electron chi connectivity index (χ0n) is 43.7. The molecule has 1 aromatic carbocycles. The molecule has 38 heteroatoms. The molecule has 0 aliphatic rings. The number of hydrogen-bond acceptors (Lipinski definition) is 4. The predicted molar refractivity (Wildman–Crippen MR) is 239 cm³/mol. The fraction of sp³-hybridized carbons (Fsp3) is 0.851.